The number of benzene rings is 2. The van der Waals surface area contributed by atoms with E-state index in [-0.39, 0.29) is 16.6 Å². The summed E-state index contributed by atoms with van der Waals surface area (Å²) in [7, 11) is 1.64. The first-order chi connectivity index (χ1) is 12.5. The number of para-hydroxylation sites is 1. The predicted molar refractivity (Wildman–Crippen MR) is 99.4 cm³/mol. The molecule has 0 aliphatic heterocycles. The molecule has 0 saturated carbocycles. The highest BCUT2D eigenvalue weighted by Gasteiger charge is 2.20. The van der Waals surface area contributed by atoms with Crippen LogP contribution in [-0.2, 0) is 4.74 Å². The summed E-state index contributed by atoms with van der Waals surface area (Å²) in [5, 5.41) is 2.51. The summed E-state index contributed by atoms with van der Waals surface area (Å²) < 4.78 is 20.2. The van der Waals surface area contributed by atoms with Crippen LogP contribution in [0.25, 0.3) is 16.6 Å². The van der Waals surface area contributed by atoms with Gasteiger partial charge in [0.15, 0.2) is 5.82 Å². The maximum Gasteiger partial charge on any atom is 0.266 e. The van der Waals surface area contributed by atoms with Crippen LogP contribution in [0.1, 0.15) is 18.8 Å². The molecule has 0 saturated heterocycles. The van der Waals surface area contributed by atoms with Gasteiger partial charge in [0.1, 0.15) is 11.9 Å². The maximum atomic E-state index is 13.6. The van der Waals surface area contributed by atoms with Crippen molar-refractivity contribution >= 4 is 22.5 Å². The number of halogens is 2. The van der Waals surface area contributed by atoms with E-state index in [0.717, 1.165) is 6.54 Å². The van der Waals surface area contributed by atoms with Crippen LogP contribution in [0, 0.1) is 5.82 Å². The molecule has 3 rings (SSSR count). The molecule has 0 amide bonds. The van der Waals surface area contributed by atoms with Gasteiger partial charge in [-0.3, -0.25) is 9.36 Å². The van der Waals surface area contributed by atoms with Crippen LogP contribution in [0.5, 0.6) is 0 Å². The lowest BCUT2D eigenvalue weighted by Crippen LogP contribution is -2.86. The van der Waals surface area contributed by atoms with Crippen LogP contribution in [0.2, 0.25) is 5.02 Å². The molecule has 1 atom stereocenters. The van der Waals surface area contributed by atoms with Crippen molar-refractivity contribution in [3.05, 3.63) is 69.5 Å². The fourth-order valence-electron chi connectivity index (χ4n) is 2.87. The molecule has 0 aliphatic rings. The summed E-state index contributed by atoms with van der Waals surface area (Å²) in [5.74, 6) is 0.0472. The highest BCUT2D eigenvalue weighted by atomic mass is 35.5. The van der Waals surface area contributed by atoms with E-state index in [1.54, 1.807) is 19.2 Å². The van der Waals surface area contributed by atoms with E-state index < -0.39 is 5.82 Å². The van der Waals surface area contributed by atoms with Crippen LogP contribution >= 0.6 is 11.6 Å². The number of hydrogen-bond acceptors (Lipinski definition) is 3. The zero-order chi connectivity index (χ0) is 18.7. The second kappa shape index (κ2) is 7.95. The van der Waals surface area contributed by atoms with Gasteiger partial charge in [-0.25, -0.2) is 9.37 Å². The molecule has 0 spiro atoms. The molecule has 1 aromatic heterocycles. The number of aromatic nitrogens is 2. The summed E-state index contributed by atoms with van der Waals surface area (Å²) in [5.41, 5.74) is 0.908. The molecule has 0 aliphatic carbocycles. The van der Waals surface area contributed by atoms with Gasteiger partial charge in [-0.05, 0) is 37.3 Å². The minimum absolute atomic E-state index is 0.0375. The molecule has 1 heterocycles. The Morgan fingerprint density at radius 3 is 2.81 bits per heavy atom. The Morgan fingerprint density at radius 2 is 2.08 bits per heavy atom. The monoisotopic (exact) mass is 376 g/mol. The maximum absolute atomic E-state index is 13.6. The largest absolute Gasteiger partial charge is 0.379 e. The average Bonchev–Trinajstić information content (AvgIpc) is 2.64. The summed E-state index contributed by atoms with van der Waals surface area (Å²) in [4.78, 5) is 17.8. The first-order valence-corrected chi connectivity index (χ1v) is 8.70. The van der Waals surface area contributed by atoms with Crippen molar-refractivity contribution in [1.29, 1.82) is 0 Å². The van der Waals surface area contributed by atoms with Crippen molar-refractivity contribution in [3.8, 4) is 5.69 Å². The fourth-order valence-corrected chi connectivity index (χ4v) is 3.05. The van der Waals surface area contributed by atoms with Crippen LogP contribution in [-0.4, -0.2) is 29.8 Å². The first kappa shape index (κ1) is 18.5. The lowest BCUT2D eigenvalue weighted by Gasteiger charge is -2.17. The Labute approximate surface area is 155 Å². The van der Waals surface area contributed by atoms with Gasteiger partial charge in [-0.2, -0.15) is 0 Å². The topological polar surface area (TPSA) is 60.7 Å². The smallest absolute Gasteiger partial charge is 0.266 e. The molecule has 0 fully saturated rings. The molecule has 0 radical (unpaired) electrons. The van der Waals surface area contributed by atoms with Gasteiger partial charge in [0, 0.05) is 7.11 Å². The molecule has 2 N–H and O–H groups in total. The molecule has 5 nitrogen and oxygen atoms in total. The molecule has 0 bridgehead atoms. The molecule has 3 aromatic rings. The van der Waals surface area contributed by atoms with Gasteiger partial charge >= 0.3 is 0 Å². The van der Waals surface area contributed by atoms with Crippen molar-refractivity contribution < 1.29 is 14.4 Å². The van der Waals surface area contributed by atoms with Crippen molar-refractivity contribution in [2.24, 2.45) is 0 Å². The number of nitrogens with zero attached hydrogens (tertiary/aromatic N) is 2. The van der Waals surface area contributed by atoms with Crippen molar-refractivity contribution in [2.75, 3.05) is 20.3 Å². The Morgan fingerprint density at radius 1 is 1.31 bits per heavy atom. The second-order valence-corrected chi connectivity index (χ2v) is 6.44. The number of rotatable bonds is 6. The van der Waals surface area contributed by atoms with Crippen LogP contribution < -0.4 is 10.9 Å². The number of methoxy groups -OCH3 is 1. The van der Waals surface area contributed by atoms with E-state index in [0.29, 0.717) is 29.0 Å². The van der Waals surface area contributed by atoms with Crippen molar-refractivity contribution in [3.63, 3.8) is 0 Å². The lowest BCUT2D eigenvalue weighted by atomic mass is 10.2. The normalized spacial score (nSPS) is 12.5. The number of nitrogens with two attached hydrogens (primary N) is 1. The highest BCUT2D eigenvalue weighted by Crippen LogP contribution is 2.21. The molecule has 136 valence electrons. The molecule has 2 aromatic carbocycles. The van der Waals surface area contributed by atoms with Gasteiger partial charge < -0.3 is 10.1 Å². The SMILES string of the molecule is COCC[NH2+][C@@H](C)c1nc2ccccc2c(=O)n1-c1ccc(F)c(Cl)c1. The molecule has 0 unspecified atom stereocenters. The zero-order valence-corrected chi connectivity index (χ0v) is 15.3. The summed E-state index contributed by atoms with van der Waals surface area (Å²) in [6.07, 6.45) is 0. The fraction of sp³-hybridized carbons (Fsp3) is 0.263. The second-order valence-electron chi connectivity index (χ2n) is 6.03. The Hall–Kier alpha value is -2.28. The zero-order valence-electron chi connectivity index (χ0n) is 14.6. The lowest BCUT2D eigenvalue weighted by molar-refractivity contribution is -0.695. The molecule has 26 heavy (non-hydrogen) atoms. The van der Waals surface area contributed by atoms with E-state index in [9.17, 15) is 9.18 Å². The predicted octanol–water partition coefficient (Wildman–Crippen LogP) is 2.45. The van der Waals surface area contributed by atoms with Gasteiger partial charge in [0.25, 0.3) is 5.56 Å². The Bertz CT molecular complexity index is 990. The van der Waals surface area contributed by atoms with Crippen LogP contribution in [0.3, 0.4) is 0 Å². The number of hydrogen-bond donors (Lipinski definition) is 1. The number of ether oxygens (including phenoxy) is 1. The first-order valence-electron chi connectivity index (χ1n) is 8.32. The van der Waals surface area contributed by atoms with Crippen molar-refractivity contribution in [1.82, 2.24) is 9.55 Å². The third-order valence-electron chi connectivity index (χ3n) is 4.21. The third-order valence-corrected chi connectivity index (χ3v) is 4.50. The summed E-state index contributed by atoms with van der Waals surface area (Å²) >= 11 is 5.93. The van der Waals surface area contributed by atoms with E-state index in [1.165, 1.54) is 22.8 Å². The Balaban J connectivity index is 2.20. The molecule has 7 heteroatoms. The van der Waals surface area contributed by atoms with Gasteiger partial charge in [-0.15, -0.1) is 0 Å². The van der Waals surface area contributed by atoms with Gasteiger partial charge in [-0.1, -0.05) is 23.7 Å². The van der Waals surface area contributed by atoms with Crippen molar-refractivity contribution in [2.45, 2.75) is 13.0 Å². The molecular formula is C19H20ClFN3O2+. The van der Waals surface area contributed by atoms with Gasteiger partial charge in [0.05, 0.1) is 34.8 Å². The van der Waals surface area contributed by atoms with E-state index in [2.05, 4.69) is 0 Å². The van der Waals surface area contributed by atoms with E-state index in [4.69, 9.17) is 21.3 Å². The van der Waals surface area contributed by atoms with Gasteiger partial charge in [0.2, 0.25) is 0 Å². The average molecular weight is 377 g/mol. The van der Waals surface area contributed by atoms with Crippen LogP contribution in [0.15, 0.2) is 47.3 Å². The highest BCUT2D eigenvalue weighted by molar-refractivity contribution is 6.30. The minimum atomic E-state index is -0.529. The van der Waals surface area contributed by atoms with E-state index in [1.807, 2.05) is 24.4 Å². The third kappa shape index (κ3) is 3.62. The quantitative estimate of drug-likeness (QED) is 0.672. The van der Waals surface area contributed by atoms with E-state index >= 15 is 0 Å². The summed E-state index contributed by atoms with van der Waals surface area (Å²) in [6, 6.07) is 11.3. The molecular weight excluding hydrogens is 357 g/mol. The summed E-state index contributed by atoms with van der Waals surface area (Å²) in [6.45, 7) is 3.28. The number of quaternary nitrogens is 1. The standard InChI is InChI=1S/C19H19ClFN3O2/c1-12(22-9-10-26-2)18-23-17-6-4-3-5-14(17)19(25)24(18)13-7-8-16(21)15(20)11-13/h3-8,11-12,22H,9-10H2,1-2H3/p+1/t12-/m0/s1. The number of fused-ring (bicyclic) bond motifs is 1. The van der Waals surface area contributed by atoms with Crippen LogP contribution in [0.4, 0.5) is 4.39 Å². The Kier molecular flexibility index (Phi) is 5.66. The minimum Gasteiger partial charge on any atom is -0.379 e.